The van der Waals surface area contributed by atoms with Crippen LogP contribution < -0.4 is 5.32 Å². The molecule has 3 nitrogen and oxygen atoms in total. The third-order valence-corrected chi connectivity index (χ3v) is 3.51. The molecule has 0 atom stereocenters. The Bertz CT molecular complexity index is 488. The van der Waals surface area contributed by atoms with E-state index in [1.807, 2.05) is 20.4 Å². The SMILES string of the molecule is CNCc1c(-c2ccc(SC)cc2)ncn1C. The van der Waals surface area contributed by atoms with Crippen LogP contribution in [0.3, 0.4) is 0 Å². The fourth-order valence-electron chi connectivity index (χ4n) is 1.82. The highest BCUT2D eigenvalue weighted by molar-refractivity contribution is 7.98. The first kappa shape index (κ1) is 12.2. The summed E-state index contributed by atoms with van der Waals surface area (Å²) < 4.78 is 2.06. The van der Waals surface area contributed by atoms with Gasteiger partial charge in [0, 0.05) is 24.1 Å². The molecular weight excluding hydrogens is 230 g/mol. The zero-order valence-electron chi connectivity index (χ0n) is 10.4. The average Bonchev–Trinajstić information content (AvgIpc) is 2.72. The van der Waals surface area contributed by atoms with Crippen LogP contribution in [0.5, 0.6) is 0 Å². The summed E-state index contributed by atoms with van der Waals surface area (Å²) in [7, 11) is 3.98. The summed E-state index contributed by atoms with van der Waals surface area (Å²) in [6.45, 7) is 0.829. The quantitative estimate of drug-likeness (QED) is 0.842. The first-order valence-corrected chi connectivity index (χ1v) is 6.78. The summed E-state index contributed by atoms with van der Waals surface area (Å²) in [6, 6.07) is 8.54. The topological polar surface area (TPSA) is 29.9 Å². The molecule has 0 fully saturated rings. The van der Waals surface area contributed by atoms with Crippen molar-refractivity contribution in [2.45, 2.75) is 11.4 Å². The number of benzene rings is 1. The van der Waals surface area contributed by atoms with Gasteiger partial charge in [0.25, 0.3) is 0 Å². The number of aromatic nitrogens is 2. The van der Waals surface area contributed by atoms with Crippen LogP contribution in [0.1, 0.15) is 5.69 Å². The van der Waals surface area contributed by atoms with Gasteiger partial charge in [-0.25, -0.2) is 4.98 Å². The first-order valence-electron chi connectivity index (χ1n) is 5.55. The third-order valence-electron chi connectivity index (χ3n) is 2.77. The van der Waals surface area contributed by atoms with Crippen LogP contribution in [0.15, 0.2) is 35.5 Å². The minimum atomic E-state index is 0.829. The van der Waals surface area contributed by atoms with Crippen LogP contribution in [0, 0.1) is 0 Å². The molecule has 1 aromatic carbocycles. The van der Waals surface area contributed by atoms with Crippen molar-refractivity contribution < 1.29 is 0 Å². The van der Waals surface area contributed by atoms with Gasteiger partial charge in [-0.3, -0.25) is 0 Å². The van der Waals surface area contributed by atoms with Crippen molar-refractivity contribution in [3.05, 3.63) is 36.3 Å². The van der Waals surface area contributed by atoms with Gasteiger partial charge in [-0.2, -0.15) is 0 Å². The molecule has 0 saturated heterocycles. The summed E-state index contributed by atoms with van der Waals surface area (Å²) in [5.41, 5.74) is 3.45. The van der Waals surface area contributed by atoms with Crippen molar-refractivity contribution in [3.8, 4) is 11.3 Å². The number of aryl methyl sites for hydroxylation is 1. The van der Waals surface area contributed by atoms with Crippen molar-refractivity contribution in [2.75, 3.05) is 13.3 Å². The van der Waals surface area contributed by atoms with Gasteiger partial charge >= 0.3 is 0 Å². The van der Waals surface area contributed by atoms with Crippen molar-refractivity contribution in [1.82, 2.24) is 14.9 Å². The average molecular weight is 247 g/mol. The van der Waals surface area contributed by atoms with Crippen molar-refractivity contribution in [3.63, 3.8) is 0 Å². The Kier molecular flexibility index (Phi) is 3.86. The summed E-state index contributed by atoms with van der Waals surface area (Å²) in [5, 5.41) is 3.18. The van der Waals surface area contributed by atoms with Crippen LogP contribution >= 0.6 is 11.8 Å². The van der Waals surface area contributed by atoms with Gasteiger partial charge in [0.15, 0.2) is 0 Å². The lowest BCUT2D eigenvalue weighted by Gasteiger charge is -2.06. The normalized spacial score (nSPS) is 10.8. The van der Waals surface area contributed by atoms with E-state index in [0.717, 1.165) is 12.2 Å². The number of thioether (sulfide) groups is 1. The predicted octanol–water partition coefficient (Wildman–Crippen LogP) is 2.53. The molecule has 0 aliphatic rings. The van der Waals surface area contributed by atoms with Gasteiger partial charge in [0.05, 0.1) is 17.7 Å². The van der Waals surface area contributed by atoms with Gasteiger partial charge in [0.1, 0.15) is 0 Å². The van der Waals surface area contributed by atoms with Gasteiger partial charge in [0.2, 0.25) is 0 Å². The molecule has 0 spiro atoms. The molecule has 2 aromatic rings. The molecule has 0 radical (unpaired) electrons. The molecule has 2 rings (SSSR count). The third kappa shape index (κ3) is 2.53. The number of nitrogens with one attached hydrogen (secondary N) is 1. The maximum absolute atomic E-state index is 4.48. The number of nitrogens with zero attached hydrogens (tertiary/aromatic N) is 2. The van der Waals surface area contributed by atoms with Crippen LogP contribution in [0.25, 0.3) is 11.3 Å². The Balaban J connectivity index is 2.38. The summed E-state index contributed by atoms with van der Waals surface area (Å²) in [4.78, 5) is 5.75. The second-order valence-electron chi connectivity index (χ2n) is 3.91. The molecule has 0 aliphatic carbocycles. The van der Waals surface area contributed by atoms with E-state index in [-0.39, 0.29) is 0 Å². The lowest BCUT2D eigenvalue weighted by atomic mass is 10.1. The molecule has 0 amide bonds. The highest BCUT2D eigenvalue weighted by Crippen LogP contribution is 2.24. The zero-order valence-corrected chi connectivity index (χ0v) is 11.2. The molecule has 17 heavy (non-hydrogen) atoms. The second kappa shape index (κ2) is 5.38. The first-order chi connectivity index (χ1) is 8.26. The molecule has 1 N–H and O–H groups in total. The number of imidazole rings is 1. The van der Waals surface area contributed by atoms with Crippen molar-refractivity contribution in [2.24, 2.45) is 7.05 Å². The fraction of sp³-hybridized carbons (Fsp3) is 0.308. The van der Waals surface area contributed by atoms with E-state index in [2.05, 4.69) is 45.4 Å². The lowest BCUT2D eigenvalue weighted by molar-refractivity contribution is 0.735. The van der Waals surface area contributed by atoms with E-state index in [9.17, 15) is 0 Å². The van der Waals surface area contributed by atoms with E-state index >= 15 is 0 Å². The molecule has 1 aromatic heterocycles. The second-order valence-corrected chi connectivity index (χ2v) is 4.79. The standard InChI is InChI=1S/C13H17N3S/c1-14-8-12-13(15-9-16(12)2)10-4-6-11(17-3)7-5-10/h4-7,9,14H,8H2,1-3H3. The highest BCUT2D eigenvalue weighted by atomic mass is 32.2. The molecular formula is C13H17N3S. The minimum Gasteiger partial charge on any atom is -0.336 e. The molecule has 0 bridgehead atoms. The number of hydrogen-bond acceptors (Lipinski definition) is 3. The maximum Gasteiger partial charge on any atom is 0.0953 e. The Morgan fingerprint density at radius 1 is 1.29 bits per heavy atom. The largest absolute Gasteiger partial charge is 0.336 e. The van der Waals surface area contributed by atoms with Gasteiger partial charge in [-0.15, -0.1) is 11.8 Å². The minimum absolute atomic E-state index is 0.829. The molecule has 1 heterocycles. The van der Waals surface area contributed by atoms with Crippen molar-refractivity contribution >= 4 is 11.8 Å². The molecule has 0 saturated carbocycles. The number of rotatable bonds is 4. The Labute approximate surface area is 106 Å². The van der Waals surface area contributed by atoms with Crippen LogP contribution in [0.4, 0.5) is 0 Å². The smallest absolute Gasteiger partial charge is 0.0953 e. The molecule has 0 aliphatic heterocycles. The predicted molar refractivity (Wildman–Crippen MR) is 73.2 cm³/mol. The summed E-state index contributed by atoms with van der Waals surface area (Å²) in [5.74, 6) is 0. The molecule has 0 unspecified atom stereocenters. The van der Waals surface area contributed by atoms with Crippen LogP contribution in [-0.2, 0) is 13.6 Å². The Hall–Kier alpha value is -1.26. The lowest BCUT2D eigenvalue weighted by Crippen LogP contribution is -2.09. The van der Waals surface area contributed by atoms with Crippen LogP contribution in [0.2, 0.25) is 0 Å². The Morgan fingerprint density at radius 3 is 2.59 bits per heavy atom. The maximum atomic E-state index is 4.48. The van der Waals surface area contributed by atoms with Crippen molar-refractivity contribution in [1.29, 1.82) is 0 Å². The van der Waals surface area contributed by atoms with E-state index < -0.39 is 0 Å². The monoisotopic (exact) mass is 247 g/mol. The van der Waals surface area contributed by atoms with E-state index in [1.165, 1.54) is 16.2 Å². The van der Waals surface area contributed by atoms with Gasteiger partial charge < -0.3 is 9.88 Å². The van der Waals surface area contributed by atoms with E-state index in [4.69, 9.17) is 0 Å². The summed E-state index contributed by atoms with van der Waals surface area (Å²) in [6.07, 6.45) is 3.95. The van der Waals surface area contributed by atoms with E-state index in [0.29, 0.717) is 0 Å². The van der Waals surface area contributed by atoms with Crippen LogP contribution in [-0.4, -0.2) is 22.9 Å². The number of hydrogen-bond donors (Lipinski definition) is 1. The molecule has 90 valence electrons. The van der Waals surface area contributed by atoms with E-state index in [1.54, 1.807) is 11.8 Å². The van der Waals surface area contributed by atoms with Gasteiger partial charge in [-0.05, 0) is 25.4 Å². The molecule has 4 heteroatoms. The zero-order chi connectivity index (χ0) is 12.3. The van der Waals surface area contributed by atoms with Gasteiger partial charge in [-0.1, -0.05) is 12.1 Å². The fourth-order valence-corrected chi connectivity index (χ4v) is 2.23. The Morgan fingerprint density at radius 2 is 2.00 bits per heavy atom. The summed E-state index contributed by atoms with van der Waals surface area (Å²) >= 11 is 1.75. The highest BCUT2D eigenvalue weighted by Gasteiger charge is 2.09.